The Morgan fingerprint density at radius 1 is 0.879 bits per heavy atom. The van der Waals surface area contributed by atoms with Crippen LogP contribution < -0.4 is 10.2 Å². The molecule has 180 valence electrons. The molecule has 0 heterocycles. The molecule has 3 amide bonds. The molecule has 0 saturated heterocycles. The van der Waals surface area contributed by atoms with E-state index in [1.54, 1.807) is 67.8 Å². The molecule has 0 bridgehead atoms. The molecular weight excluding hydrogens is 800 g/mol. The summed E-state index contributed by atoms with van der Waals surface area (Å²) in [6, 6.07) is 0. The maximum atomic E-state index is 13.1. The van der Waals surface area contributed by atoms with Crippen molar-refractivity contribution in [3.05, 3.63) is 21.8 Å². The van der Waals surface area contributed by atoms with Crippen molar-refractivity contribution in [2.45, 2.75) is 33.8 Å². The molecule has 10 nitrogen and oxygen atoms in total. The molecule has 1 N–H and O–H groups in total. The van der Waals surface area contributed by atoms with Gasteiger partial charge in [-0.25, -0.2) is 4.90 Å². The predicted octanol–water partition coefficient (Wildman–Crippen LogP) is 3.00. The average molecular weight is 819 g/mol. The lowest BCUT2D eigenvalue weighted by atomic mass is 10.1. The Balaban J connectivity index is 3.52. The number of rotatable bonds is 8. The van der Waals surface area contributed by atoms with Gasteiger partial charge in [0.1, 0.15) is 6.61 Å². The number of carbonyl (C=O) groups is 6. The van der Waals surface area contributed by atoms with Gasteiger partial charge in [0.2, 0.25) is 11.8 Å². The normalized spacial score (nSPS) is 11.3. The molecule has 1 aromatic rings. The Kier molecular flexibility index (Phi) is 11.9. The van der Waals surface area contributed by atoms with Crippen LogP contribution in [0.25, 0.3) is 0 Å². The van der Waals surface area contributed by atoms with Crippen LogP contribution in [0.2, 0.25) is 0 Å². The van der Waals surface area contributed by atoms with Gasteiger partial charge in [-0.05, 0) is 79.4 Å². The van der Waals surface area contributed by atoms with Crippen LogP contribution in [0.1, 0.15) is 48.4 Å². The van der Waals surface area contributed by atoms with E-state index in [1.807, 2.05) is 0 Å². The number of ether oxygens (including phenoxy) is 2. The lowest BCUT2D eigenvalue weighted by molar-refractivity contribution is -0.155. The Morgan fingerprint density at radius 3 is 1.82 bits per heavy atom. The summed E-state index contributed by atoms with van der Waals surface area (Å²) in [6.07, 6.45) is -0.964. The van der Waals surface area contributed by atoms with Crippen LogP contribution in [-0.2, 0) is 28.7 Å². The summed E-state index contributed by atoms with van der Waals surface area (Å²) in [5.41, 5.74) is 0.0155. The van der Waals surface area contributed by atoms with Gasteiger partial charge in [0.15, 0.2) is 6.10 Å². The van der Waals surface area contributed by atoms with Crippen LogP contribution in [0.3, 0.4) is 0 Å². The number of carbonyl (C=O) groups excluding carboxylic acids is 6. The lowest BCUT2D eigenvalue weighted by Gasteiger charge is -2.24. The zero-order valence-corrected chi connectivity index (χ0v) is 24.9. The van der Waals surface area contributed by atoms with Gasteiger partial charge < -0.3 is 14.8 Å². The minimum atomic E-state index is -0.964. The molecule has 0 spiro atoms. The van der Waals surface area contributed by atoms with E-state index in [4.69, 9.17) is 21.1 Å². The summed E-state index contributed by atoms with van der Waals surface area (Å²) in [7, 11) is 0. The van der Waals surface area contributed by atoms with Gasteiger partial charge in [0.25, 0.3) is 11.1 Å². The van der Waals surface area contributed by atoms with Crippen molar-refractivity contribution in [3.8, 4) is 0 Å². The Hall–Kier alpha value is -1.08. The third-order valence-corrected chi connectivity index (χ3v) is 7.23. The van der Waals surface area contributed by atoms with Crippen molar-refractivity contribution in [3.63, 3.8) is 0 Å². The molecule has 14 heteroatoms. The summed E-state index contributed by atoms with van der Waals surface area (Å²) in [5, 5.41) is 1.68. The zero-order valence-electron chi connectivity index (χ0n) is 17.7. The number of nitrogens with zero attached hydrogens (tertiary/aromatic N) is 1. The van der Waals surface area contributed by atoms with E-state index in [0.29, 0.717) is 0 Å². The number of anilines is 1. The van der Waals surface area contributed by atoms with E-state index in [9.17, 15) is 28.8 Å². The number of esters is 2. The molecule has 1 unspecified atom stereocenters. The van der Waals surface area contributed by atoms with Crippen molar-refractivity contribution in [2.75, 3.05) is 18.1 Å². The SMILES string of the molecule is CC(=O)OCC(CNC(=O)c1c(I)c(C(=O)Cl)c(I)c(N(C(C)=O)C(C)=O)c1I)OC(C)=O. The van der Waals surface area contributed by atoms with Gasteiger partial charge in [-0.1, -0.05) is 0 Å². The number of nitrogens with one attached hydrogen (secondary N) is 1. The standard InChI is InChI=1S/C19H18ClI3N2O8/c1-7(26)25(8(2)27)17-15(22)12(18(20)30)14(21)13(16(17)23)19(31)24-5-11(33-10(4)29)6-32-9(3)28/h11H,5-6H2,1-4H3,(H,24,31). The van der Waals surface area contributed by atoms with Crippen LogP contribution in [0.4, 0.5) is 5.69 Å². The van der Waals surface area contributed by atoms with Crippen molar-refractivity contribution in [1.82, 2.24) is 5.32 Å². The summed E-state index contributed by atoms with van der Waals surface area (Å²) in [5.74, 6) is -3.16. The monoisotopic (exact) mass is 818 g/mol. The molecule has 0 fully saturated rings. The summed E-state index contributed by atoms with van der Waals surface area (Å²) in [6.45, 7) is 4.19. The average Bonchev–Trinajstić information content (AvgIpc) is 2.65. The Bertz CT molecular complexity index is 1020. The third-order valence-electron chi connectivity index (χ3n) is 3.87. The minimum absolute atomic E-state index is 0.00261. The summed E-state index contributed by atoms with van der Waals surface area (Å²) in [4.78, 5) is 72.8. The van der Waals surface area contributed by atoms with E-state index in [0.717, 1.165) is 11.8 Å². The van der Waals surface area contributed by atoms with E-state index < -0.39 is 41.0 Å². The molecule has 1 aromatic carbocycles. The van der Waals surface area contributed by atoms with Gasteiger partial charge in [0, 0.05) is 31.3 Å². The largest absolute Gasteiger partial charge is 0.462 e. The van der Waals surface area contributed by atoms with Crippen LogP contribution >= 0.6 is 79.4 Å². The molecule has 1 atom stereocenters. The Labute approximate surface area is 235 Å². The number of imide groups is 1. The van der Waals surface area contributed by atoms with E-state index in [-0.39, 0.29) is 40.7 Å². The fourth-order valence-electron chi connectivity index (χ4n) is 2.63. The predicted molar refractivity (Wildman–Crippen MR) is 143 cm³/mol. The second-order valence-corrected chi connectivity index (χ2v) is 10.0. The van der Waals surface area contributed by atoms with Crippen molar-refractivity contribution < 1.29 is 38.2 Å². The highest BCUT2D eigenvalue weighted by Gasteiger charge is 2.32. The van der Waals surface area contributed by atoms with Gasteiger partial charge in [-0.15, -0.1) is 0 Å². The summed E-state index contributed by atoms with van der Waals surface area (Å²) < 4.78 is 10.6. The molecule has 0 aliphatic heterocycles. The number of benzene rings is 1. The van der Waals surface area contributed by atoms with Gasteiger partial charge in [-0.3, -0.25) is 28.8 Å². The quantitative estimate of drug-likeness (QED) is 0.241. The maximum Gasteiger partial charge on any atom is 0.303 e. The Morgan fingerprint density at radius 2 is 1.39 bits per heavy atom. The highest BCUT2D eigenvalue weighted by molar-refractivity contribution is 14.1. The van der Waals surface area contributed by atoms with E-state index >= 15 is 0 Å². The molecule has 0 aliphatic rings. The van der Waals surface area contributed by atoms with E-state index in [2.05, 4.69) is 5.32 Å². The molecule has 1 rings (SSSR count). The molecular formula is C19H18ClI3N2O8. The first kappa shape index (κ1) is 30.0. The highest BCUT2D eigenvalue weighted by Crippen LogP contribution is 2.38. The first-order chi connectivity index (χ1) is 15.2. The number of hydrogen-bond acceptors (Lipinski definition) is 8. The van der Waals surface area contributed by atoms with Crippen molar-refractivity contribution >= 4 is 120 Å². The third kappa shape index (κ3) is 7.98. The lowest BCUT2D eigenvalue weighted by Crippen LogP contribution is -2.39. The zero-order chi connectivity index (χ0) is 25.6. The van der Waals surface area contributed by atoms with Crippen molar-refractivity contribution in [1.29, 1.82) is 0 Å². The molecule has 0 aliphatic carbocycles. The smallest absolute Gasteiger partial charge is 0.303 e. The first-order valence-corrected chi connectivity index (χ1v) is 12.6. The number of hydrogen-bond donors (Lipinski definition) is 1. The highest BCUT2D eigenvalue weighted by atomic mass is 127. The fraction of sp³-hybridized carbons (Fsp3) is 0.368. The first-order valence-electron chi connectivity index (χ1n) is 9.00. The van der Waals surface area contributed by atoms with Gasteiger partial charge >= 0.3 is 11.9 Å². The minimum Gasteiger partial charge on any atom is -0.462 e. The molecule has 0 saturated carbocycles. The molecule has 0 radical (unpaired) electrons. The summed E-state index contributed by atoms with van der Waals surface area (Å²) >= 11 is 11.1. The second kappa shape index (κ2) is 13.1. The van der Waals surface area contributed by atoms with Gasteiger partial charge in [-0.2, -0.15) is 0 Å². The molecule has 33 heavy (non-hydrogen) atoms. The number of halogens is 4. The molecule has 0 aromatic heterocycles. The second-order valence-electron chi connectivity index (χ2n) is 6.43. The van der Waals surface area contributed by atoms with Crippen LogP contribution in [0.5, 0.6) is 0 Å². The topological polar surface area (TPSA) is 136 Å². The number of amides is 3. The van der Waals surface area contributed by atoms with Gasteiger partial charge in [0.05, 0.1) is 30.5 Å². The fourth-order valence-corrected chi connectivity index (χ4v) is 7.77. The van der Waals surface area contributed by atoms with Crippen molar-refractivity contribution in [2.24, 2.45) is 0 Å². The van der Waals surface area contributed by atoms with Crippen LogP contribution in [0.15, 0.2) is 0 Å². The van der Waals surface area contributed by atoms with Crippen LogP contribution in [0, 0.1) is 10.7 Å². The van der Waals surface area contributed by atoms with E-state index in [1.165, 1.54) is 20.8 Å². The van der Waals surface area contributed by atoms with Crippen LogP contribution in [-0.4, -0.2) is 54.2 Å². The maximum absolute atomic E-state index is 13.1.